The van der Waals surface area contributed by atoms with E-state index in [0.29, 0.717) is 10.6 Å². The van der Waals surface area contributed by atoms with Gasteiger partial charge >= 0.3 is 0 Å². The van der Waals surface area contributed by atoms with E-state index >= 15 is 0 Å². The Morgan fingerprint density at radius 3 is 2.38 bits per heavy atom. The van der Waals surface area contributed by atoms with Crippen LogP contribution in [-0.2, 0) is 11.3 Å². The summed E-state index contributed by atoms with van der Waals surface area (Å²) < 4.78 is 0. The highest BCUT2D eigenvalue weighted by atomic mass is 35.5. The first-order valence-corrected chi connectivity index (χ1v) is 8.57. The van der Waals surface area contributed by atoms with Gasteiger partial charge in [-0.05, 0) is 42.9 Å². The van der Waals surface area contributed by atoms with Crippen molar-refractivity contribution >= 4 is 40.7 Å². The maximum Gasteiger partial charge on any atom is 0.265 e. The second kappa shape index (κ2) is 9.28. The average molecular weight is 392 g/mol. The van der Waals surface area contributed by atoms with Gasteiger partial charge in [0.2, 0.25) is 0 Å². The number of halogens is 1. The number of rotatable bonds is 5. The minimum atomic E-state index is -0.833. The van der Waals surface area contributed by atoms with Crippen LogP contribution in [0.4, 0.5) is 0 Å². The number of hydrogen-bond acceptors (Lipinski definition) is 4. The minimum absolute atomic E-state index is 0.0508. The highest BCUT2D eigenvalue weighted by Gasteiger charge is 2.25. The largest absolute Gasteiger partial charge is 0.333 e. The Balaban J connectivity index is 2.22. The van der Waals surface area contributed by atoms with E-state index in [1.165, 1.54) is 4.90 Å². The lowest BCUT2D eigenvalue weighted by atomic mass is 10.1. The smallest absolute Gasteiger partial charge is 0.265 e. The lowest BCUT2D eigenvalue weighted by Crippen LogP contribution is -2.51. The molecule has 0 spiro atoms. The molecule has 0 aliphatic rings. The Kier molecular flexibility index (Phi) is 7.08. The van der Waals surface area contributed by atoms with Crippen LogP contribution in [0.15, 0.2) is 54.6 Å². The molecule has 0 aliphatic heterocycles. The molecule has 0 aliphatic carbocycles. The molecule has 2 aromatic rings. The Morgan fingerprint density at radius 1 is 1.15 bits per heavy atom. The molecule has 0 saturated heterocycles. The molecule has 6 nitrogen and oxygen atoms in total. The maximum absolute atomic E-state index is 12.3. The highest BCUT2D eigenvalue weighted by molar-refractivity contribution is 7.80. The summed E-state index contributed by atoms with van der Waals surface area (Å²) in [6.45, 7) is 1.74. The van der Waals surface area contributed by atoms with Crippen molar-refractivity contribution in [3.05, 3.63) is 70.7 Å². The van der Waals surface area contributed by atoms with Crippen molar-refractivity contribution in [2.75, 3.05) is 0 Å². The van der Waals surface area contributed by atoms with E-state index in [0.717, 1.165) is 5.56 Å². The lowest BCUT2D eigenvalue weighted by Gasteiger charge is -2.30. The van der Waals surface area contributed by atoms with Gasteiger partial charge in [-0.2, -0.15) is 0 Å². The van der Waals surface area contributed by atoms with Gasteiger partial charge in [-0.3, -0.25) is 20.1 Å². The first-order valence-electron chi connectivity index (χ1n) is 7.78. The van der Waals surface area contributed by atoms with Crippen molar-refractivity contribution in [1.29, 1.82) is 0 Å². The van der Waals surface area contributed by atoms with Gasteiger partial charge in [-0.1, -0.05) is 48.0 Å². The van der Waals surface area contributed by atoms with Gasteiger partial charge in [-0.25, -0.2) is 5.48 Å². The van der Waals surface area contributed by atoms with E-state index in [-0.39, 0.29) is 11.7 Å². The molecule has 8 heteroatoms. The van der Waals surface area contributed by atoms with Crippen LogP contribution in [0.25, 0.3) is 0 Å². The summed E-state index contributed by atoms with van der Waals surface area (Å²) in [5, 5.41) is 12.1. The summed E-state index contributed by atoms with van der Waals surface area (Å²) >= 11 is 11.5. The number of nitrogens with one attached hydrogen (secondary N) is 2. The zero-order valence-corrected chi connectivity index (χ0v) is 15.6. The van der Waals surface area contributed by atoms with Gasteiger partial charge in [0, 0.05) is 17.1 Å². The monoisotopic (exact) mass is 391 g/mol. The van der Waals surface area contributed by atoms with Crippen molar-refractivity contribution in [3.8, 4) is 0 Å². The molecule has 0 heterocycles. The van der Waals surface area contributed by atoms with Crippen LogP contribution < -0.4 is 10.8 Å². The zero-order valence-electron chi connectivity index (χ0n) is 14.0. The predicted octanol–water partition coefficient (Wildman–Crippen LogP) is 2.75. The minimum Gasteiger partial charge on any atom is -0.333 e. The SMILES string of the molecule is CC(C(=O)NO)N(Cc1ccccc1Cl)C(=S)NC(=O)c1ccccc1. The number of hydrogen-bond donors (Lipinski definition) is 3. The quantitative estimate of drug-likeness (QED) is 0.415. The van der Waals surface area contributed by atoms with Gasteiger partial charge < -0.3 is 4.90 Å². The first-order chi connectivity index (χ1) is 12.4. The molecule has 136 valence electrons. The number of amides is 2. The van der Waals surface area contributed by atoms with Crippen LogP contribution in [-0.4, -0.2) is 33.1 Å². The van der Waals surface area contributed by atoms with Crippen molar-refractivity contribution in [1.82, 2.24) is 15.7 Å². The van der Waals surface area contributed by atoms with E-state index in [2.05, 4.69) is 5.32 Å². The van der Waals surface area contributed by atoms with Crippen molar-refractivity contribution in [3.63, 3.8) is 0 Å². The summed E-state index contributed by atoms with van der Waals surface area (Å²) in [7, 11) is 0. The van der Waals surface area contributed by atoms with Gasteiger partial charge in [0.1, 0.15) is 6.04 Å². The second-order valence-electron chi connectivity index (χ2n) is 5.50. The molecule has 0 saturated carbocycles. The molecule has 1 unspecified atom stereocenters. The molecule has 2 amide bonds. The summed E-state index contributed by atoms with van der Waals surface area (Å²) in [6.07, 6.45) is 0. The Labute approximate surface area is 161 Å². The van der Waals surface area contributed by atoms with Crippen molar-refractivity contribution in [2.24, 2.45) is 0 Å². The fraction of sp³-hybridized carbons (Fsp3) is 0.167. The van der Waals surface area contributed by atoms with Crippen LogP contribution in [0.5, 0.6) is 0 Å². The van der Waals surface area contributed by atoms with Crippen molar-refractivity contribution in [2.45, 2.75) is 19.5 Å². The summed E-state index contributed by atoms with van der Waals surface area (Å²) in [6, 6.07) is 14.9. The molecule has 0 aromatic heterocycles. The van der Waals surface area contributed by atoms with Crippen LogP contribution in [0.2, 0.25) is 5.02 Å². The van der Waals surface area contributed by atoms with E-state index in [1.807, 2.05) is 6.07 Å². The second-order valence-corrected chi connectivity index (χ2v) is 6.29. The molecular formula is C18H18ClN3O3S. The first kappa shape index (κ1) is 19.8. The molecule has 26 heavy (non-hydrogen) atoms. The maximum atomic E-state index is 12.3. The number of carbonyl (C=O) groups is 2. The topological polar surface area (TPSA) is 81.7 Å². The number of hydroxylamine groups is 1. The lowest BCUT2D eigenvalue weighted by molar-refractivity contribution is -0.133. The fourth-order valence-corrected chi connectivity index (χ4v) is 2.77. The molecule has 0 fully saturated rings. The van der Waals surface area contributed by atoms with E-state index in [9.17, 15) is 9.59 Å². The van der Waals surface area contributed by atoms with Crippen molar-refractivity contribution < 1.29 is 14.8 Å². The predicted molar refractivity (Wildman–Crippen MR) is 103 cm³/mol. The number of carbonyl (C=O) groups excluding carboxylic acids is 2. The van der Waals surface area contributed by atoms with E-state index in [1.54, 1.807) is 60.9 Å². The number of nitrogens with zero attached hydrogens (tertiary/aromatic N) is 1. The third-order valence-corrected chi connectivity index (χ3v) is 4.48. The zero-order chi connectivity index (χ0) is 19.1. The van der Waals surface area contributed by atoms with E-state index < -0.39 is 17.9 Å². The normalized spacial score (nSPS) is 11.3. The molecule has 1 atom stereocenters. The van der Waals surface area contributed by atoms with Crippen LogP contribution in [0.1, 0.15) is 22.8 Å². The molecule has 0 radical (unpaired) electrons. The Morgan fingerprint density at radius 2 is 1.77 bits per heavy atom. The number of benzene rings is 2. The van der Waals surface area contributed by atoms with Gasteiger partial charge in [0.15, 0.2) is 5.11 Å². The summed E-state index contributed by atoms with van der Waals surface area (Å²) in [5.74, 6) is -1.05. The molecular weight excluding hydrogens is 374 g/mol. The Bertz CT molecular complexity index is 801. The Hall–Kier alpha value is -2.48. The molecule has 0 bridgehead atoms. The average Bonchev–Trinajstić information content (AvgIpc) is 2.66. The van der Waals surface area contributed by atoms with Crippen LogP contribution in [0, 0.1) is 0 Å². The number of thiocarbonyl (C=S) groups is 1. The van der Waals surface area contributed by atoms with Gasteiger partial charge in [0.25, 0.3) is 11.8 Å². The van der Waals surface area contributed by atoms with Gasteiger partial charge in [-0.15, -0.1) is 0 Å². The van der Waals surface area contributed by atoms with E-state index in [4.69, 9.17) is 29.0 Å². The molecule has 2 rings (SSSR count). The highest BCUT2D eigenvalue weighted by Crippen LogP contribution is 2.18. The van der Waals surface area contributed by atoms with Gasteiger partial charge in [0.05, 0.1) is 0 Å². The third-order valence-electron chi connectivity index (χ3n) is 3.77. The standard InChI is InChI=1S/C18H18ClN3O3S/c1-12(16(23)21-25)22(11-14-9-5-6-10-15(14)19)18(26)20-17(24)13-7-3-2-4-8-13/h2-10,12,25H,11H2,1H3,(H,21,23)(H,20,24,26). The fourth-order valence-electron chi connectivity index (χ4n) is 2.26. The summed E-state index contributed by atoms with van der Waals surface area (Å²) in [5.41, 5.74) is 2.76. The van der Waals surface area contributed by atoms with Crippen LogP contribution >= 0.6 is 23.8 Å². The van der Waals surface area contributed by atoms with Crippen LogP contribution in [0.3, 0.4) is 0 Å². The third kappa shape index (κ3) is 5.01. The molecule has 2 aromatic carbocycles. The summed E-state index contributed by atoms with van der Waals surface area (Å²) in [4.78, 5) is 25.7. The molecule has 3 N–H and O–H groups in total.